The number of nitrogen functional groups attached to an aromatic ring is 1. The Balaban J connectivity index is 2.59. The van der Waals surface area contributed by atoms with Crippen LogP contribution in [0.2, 0.25) is 0 Å². The molecule has 4 nitrogen and oxygen atoms in total. The quantitative estimate of drug-likeness (QED) is 0.896. The van der Waals surface area contributed by atoms with Crippen molar-refractivity contribution in [1.29, 1.82) is 5.26 Å². The van der Waals surface area contributed by atoms with Gasteiger partial charge >= 0.3 is 0 Å². The summed E-state index contributed by atoms with van der Waals surface area (Å²) < 4.78 is 13.4. The van der Waals surface area contributed by atoms with Gasteiger partial charge in [0.1, 0.15) is 17.5 Å². The molecule has 0 amide bonds. The van der Waals surface area contributed by atoms with Crippen LogP contribution in [0.15, 0.2) is 24.3 Å². The van der Waals surface area contributed by atoms with E-state index >= 15 is 0 Å². The van der Waals surface area contributed by atoms with Crippen LogP contribution in [-0.4, -0.2) is 9.97 Å². The third kappa shape index (κ3) is 2.86. The van der Waals surface area contributed by atoms with E-state index in [-0.39, 0.29) is 11.5 Å². The summed E-state index contributed by atoms with van der Waals surface area (Å²) in [7, 11) is 0. The van der Waals surface area contributed by atoms with E-state index in [9.17, 15) is 4.39 Å². The molecule has 1 heterocycles. The maximum atomic E-state index is 13.4. The zero-order valence-electron chi connectivity index (χ0n) is 10.7. The average molecular weight is 256 g/mol. The highest BCUT2D eigenvalue weighted by atomic mass is 19.1. The lowest BCUT2D eigenvalue weighted by atomic mass is 10.1. The Morgan fingerprint density at radius 1 is 1.21 bits per heavy atom. The second-order valence-electron chi connectivity index (χ2n) is 4.53. The molecule has 0 unspecified atom stereocenters. The molecule has 0 spiro atoms. The van der Waals surface area contributed by atoms with E-state index in [4.69, 9.17) is 11.0 Å². The molecule has 0 saturated carbocycles. The lowest BCUT2D eigenvalue weighted by Crippen LogP contribution is -2.03. The molecule has 0 fully saturated rings. The predicted octanol–water partition coefficient (Wildman–Crippen LogP) is 2.86. The van der Waals surface area contributed by atoms with Crippen LogP contribution in [0, 0.1) is 17.1 Å². The zero-order chi connectivity index (χ0) is 14.0. The standard InChI is InChI=1S/C14H13FN4/c1-8(2)14-18-12(6-13(17)19-14)10-3-9(7-16)4-11(15)5-10/h3-6,8H,1-2H3,(H2,17,18,19). The molecule has 19 heavy (non-hydrogen) atoms. The number of hydrogen-bond donors (Lipinski definition) is 1. The van der Waals surface area contributed by atoms with Crippen LogP contribution < -0.4 is 5.73 Å². The first-order valence-corrected chi connectivity index (χ1v) is 5.85. The molecule has 0 bridgehead atoms. The van der Waals surface area contributed by atoms with Crippen molar-refractivity contribution < 1.29 is 4.39 Å². The number of aromatic nitrogens is 2. The third-order valence-electron chi connectivity index (χ3n) is 2.60. The Hall–Kier alpha value is -2.48. The summed E-state index contributed by atoms with van der Waals surface area (Å²) in [5, 5.41) is 8.86. The molecular formula is C14H13FN4. The smallest absolute Gasteiger partial charge is 0.133 e. The van der Waals surface area contributed by atoms with E-state index < -0.39 is 5.82 Å². The lowest BCUT2D eigenvalue weighted by Gasteiger charge is -2.08. The van der Waals surface area contributed by atoms with Gasteiger partial charge in [0, 0.05) is 17.5 Å². The first-order valence-electron chi connectivity index (χ1n) is 5.85. The molecule has 0 aliphatic heterocycles. The molecule has 96 valence electrons. The van der Waals surface area contributed by atoms with Crippen LogP contribution >= 0.6 is 0 Å². The van der Waals surface area contributed by atoms with E-state index in [1.165, 1.54) is 12.1 Å². The van der Waals surface area contributed by atoms with Crippen molar-refractivity contribution in [3.05, 3.63) is 41.5 Å². The molecular weight excluding hydrogens is 243 g/mol. The van der Waals surface area contributed by atoms with Gasteiger partial charge in [0.25, 0.3) is 0 Å². The average Bonchev–Trinajstić information content (AvgIpc) is 2.37. The number of nitriles is 1. The number of nitrogens with zero attached hydrogens (tertiary/aromatic N) is 3. The SMILES string of the molecule is CC(C)c1nc(N)cc(-c2cc(F)cc(C#N)c2)n1. The van der Waals surface area contributed by atoms with Crippen LogP contribution in [0.3, 0.4) is 0 Å². The number of nitrogens with two attached hydrogens (primary N) is 1. The van der Waals surface area contributed by atoms with Crippen LogP contribution in [0.25, 0.3) is 11.3 Å². The first-order chi connectivity index (χ1) is 8.99. The Bertz CT molecular complexity index is 659. The van der Waals surface area contributed by atoms with E-state index in [0.29, 0.717) is 22.9 Å². The molecule has 1 aromatic carbocycles. The van der Waals surface area contributed by atoms with Gasteiger partial charge in [0.2, 0.25) is 0 Å². The van der Waals surface area contributed by atoms with Crippen molar-refractivity contribution in [3.8, 4) is 17.3 Å². The van der Waals surface area contributed by atoms with Gasteiger partial charge in [-0.1, -0.05) is 13.8 Å². The normalized spacial score (nSPS) is 10.5. The highest BCUT2D eigenvalue weighted by Crippen LogP contribution is 2.23. The fourth-order valence-corrected chi connectivity index (χ4v) is 1.69. The van der Waals surface area contributed by atoms with E-state index in [1.54, 1.807) is 12.1 Å². The maximum Gasteiger partial charge on any atom is 0.133 e. The highest BCUT2D eigenvalue weighted by molar-refractivity contribution is 5.64. The second kappa shape index (κ2) is 5.02. The first kappa shape index (κ1) is 13.0. The van der Waals surface area contributed by atoms with Gasteiger partial charge in [-0.2, -0.15) is 5.26 Å². The molecule has 0 saturated heterocycles. The molecule has 2 rings (SSSR count). The number of halogens is 1. The predicted molar refractivity (Wildman–Crippen MR) is 70.6 cm³/mol. The van der Waals surface area contributed by atoms with Crippen molar-refractivity contribution >= 4 is 5.82 Å². The molecule has 0 aliphatic rings. The topological polar surface area (TPSA) is 75.6 Å². The maximum absolute atomic E-state index is 13.4. The van der Waals surface area contributed by atoms with Crippen LogP contribution in [0.5, 0.6) is 0 Å². The molecule has 1 aromatic heterocycles. The molecule has 0 atom stereocenters. The minimum atomic E-state index is -0.475. The van der Waals surface area contributed by atoms with Crippen molar-refractivity contribution in [3.63, 3.8) is 0 Å². The van der Waals surface area contributed by atoms with Gasteiger partial charge in [-0.15, -0.1) is 0 Å². The Morgan fingerprint density at radius 2 is 1.95 bits per heavy atom. The number of rotatable bonds is 2. The van der Waals surface area contributed by atoms with E-state index in [1.807, 2.05) is 19.9 Å². The summed E-state index contributed by atoms with van der Waals surface area (Å²) in [4.78, 5) is 8.48. The molecule has 2 N–H and O–H groups in total. The summed E-state index contributed by atoms with van der Waals surface area (Å²) >= 11 is 0. The summed E-state index contributed by atoms with van der Waals surface area (Å²) in [6.07, 6.45) is 0. The van der Waals surface area contributed by atoms with Gasteiger partial charge in [-0.3, -0.25) is 0 Å². The minimum Gasteiger partial charge on any atom is -0.384 e. The minimum absolute atomic E-state index is 0.117. The Morgan fingerprint density at radius 3 is 2.58 bits per heavy atom. The molecule has 0 radical (unpaired) electrons. The van der Waals surface area contributed by atoms with Crippen LogP contribution in [0.1, 0.15) is 31.2 Å². The van der Waals surface area contributed by atoms with Gasteiger partial charge in [0.15, 0.2) is 0 Å². The van der Waals surface area contributed by atoms with Crippen molar-refractivity contribution in [2.75, 3.05) is 5.73 Å². The van der Waals surface area contributed by atoms with Crippen molar-refractivity contribution in [2.24, 2.45) is 0 Å². The fourth-order valence-electron chi connectivity index (χ4n) is 1.69. The fraction of sp³-hybridized carbons (Fsp3) is 0.214. The molecule has 2 aromatic rings. The van der Waals surface area contributed by atoms with Crippen molar-refractivity contribution in [2.45, 2.75) is 19.8 Å². The largest absolute Gasteiger partial charge is 0.384 e. The van der Waals surface area contributed by atoms with Crippen LogP contribution in [-0.2, 0) is 0 Å². The van der Waals surface area contributed by atoms with Crippen molar-refractivity contribution in [1.82, 2.24) is 9.97 Å². The van der Waals surface area contributed by atoms with Crippen LogP contribution in [0.4, 0.5) is 10.2 Å². The highest BCUT2D eigenvalue weighted by Gasteiger charge is 2.10. The molecule has 5 heteroatoms. The summed E-state index contributed by atoms with van der Waals surface area (Å²) in [6, 6.07) is 7.57. The second-order valence-corrected chi connectivity index (χ2v) is 4.53. The summed E-state index contributed by atoms with van der Waals surface area (Å²) in [6.45, 7) is 3.90. The van der Waals surface area contributed by atoms with Gasteiger partial charge in [-0.25, -0.2) is 14.4 Å². The van der Waals surface area contributed by atoms with Gasteiger partial charge in [-0.05, 0) is 18.2 Å². The number of hydrogen-bond acceptors (Lipinski definition) is 4. The Labute approximate surface area is 110 Å². The monoisotopic (exact) mass is 256 g/mol. The lowest BCUT2D eigenvalue weighted by molar-refractivity contribution is 0.627. The van der Waals surface area contributed by atoms with E-state index in [2.05, 4.69) is 9.97 Å². The van der Waals surface area contributed by atoms with Gasteiger partial charge < -0.3 is 5.73 Å². The van der Waals surface area contributed by atoms with E-state index in [0.717, 1.165) is 0 Å². The summed E-state index contributed by atoms with van der Waals surface area (Å²) in [5.41, 5.74) is 7.02. The Kier molecular flexibility index (Phi) is 3.43. The summed E-state index contributed by atoms with van der Waals surface area (Å²) in [5.74, 6) is 0.567. The number of benzene rings is 1. The molecule has 0 aliphatic carbocycles. The number of anilines is 1. The third-order valence-corrected chi connectivity index (χ3v) is 2.60. The van der Waals surface area contributed by atoms with Gasteiger partial charge in [0.05, 0.1) is 17.3 Å². The zero-order valence-corrected chi connectivity index (χ0v) is 10.7.